The van der Waals surface area contributed by atoms with Crippen LogP contribution in [0.4, 0.5) is 0 Å². The molecule has 2 rings (SSSR count). The lowest BCUT2D eigenvalue weighted by atomic mass is 10.1. The zero-order chi connectivity index (χ0) is 13.0. The van der Waals surface area contributed by atoms with Crippen LogP contribution in [0.15, 0.2) is 0 Å². The molecule has 106 valence electrons. The molecule has 2 fully saturated rings. The van der Waals surface area contributed by atoms with Crippen molar-refractivity contribution in [2.24, 2.45) is 0 Å². The van der Waals surface area contributed by atoms with E-state index in [0.29, 0.717) is 13.2 Å². The van der Waals surface area contributed by atoms with Gasteiger partial charge in [0.05, 0.1) is 28.5 Å². The zero-order valence-electron chi connectivity index (χ0n) is 9.80. The molecule has 0 aromatic heterocycles. The van der Waals surface area contributed by atoms with Gasteiger partial charge in [0.1, 0.15) is 0 Å². The van der Waals surface area contributed by atoms with Gasteiger partial charge >= 0.3 is 0 Å². The Kier molecular flexibility index (Phi) is 5.97. The number of halogens is 1. The number of hydrogen-bond donors (Lipinski definition) is 2. The van der Waals surface area contributed by atoms with Gasteiger partial charge in [0, 0.05) is 33.3 Å². The van der Waals surface area contributed by atoms with Crippen molar-refractivity contribution in [2.45, 2.75) is 43.9 Å². The molecular formula is C9H17IN2O4S2. The van der Waals surface area contributed by atoms with E-state index in [1.54, 1.807) is 0 Å². The standard InChI is InChI=1S/C9H17IN2O4S2/c10-17-16-6-9-4-3-8(5-15-9)12-18(13,14)11-7-1-2-7/h7-9,11-12H,1-6H2/t8-,9+/m1/s1. The van der Waals surface area contributed by atoms with Gasteiger partial charge in [-0.05, 0) is 25.7 Å². The second-order valence-electron chi connectivity index (χ2n) is 4.59. The zero-order valence-corrected chi connectivity index (χ0v) is 13.6. The van der Waals surface area contributed by atoms with Crippen LogP contribution in [0.2, 0.25) is 0 Å². The fourth-order valence-electron chi connectivity index (χ4n) is 1.81. The summed E-state index contributed by atoms with van der Waals surface area (Å²) in [6, 6.07) is -0.00130. The summed E-state index contributed by atoms with van der Waals surface area (Å²) in [4.78, 5) is 0. The van der Waals surface area contributed by atoms with Crippen molar-refractivity contribution >= 4 is 40.6 Å². The average molecular weight is 408 g/mol. The number of nitrogens with one attached hydrogen (secondary N) is 2. The van der Waals surface area contributed by atoms with E-state index < -0.39 is 10.2 Å². The summed E-state index contributed by atoms with van der Waals surface area (Å²) in [7, 11) is -2.08. The van der Waals surface area contributed by atoms with Gasteiger partial charge in [-0.15, -0.1) is 0 Å². The average Bonchev–Trinajstić information content (AvgIpc) is 3.11. The van der Waals surface area contributed by atoms with Gasteiger partial charge < -0.3 is 8.92 Å². The van der Waals surface area contributed by atoms with Crippen LogP contribution < -0.4 is 9.44 Å². The lowest BCUT2D eigenvalue weighted by Gasteiger charge is -2.28. The monoisotopic (exact) mass is 408 g/mol. The second kappa shape index (κ2) is 7.04. The molecule has 2 aliphatic rings. The van der Waals surface area contributed by atoms with Crippen molar-refractivity contribution in [3.05, 3.63) is 0 Å². The molecule has 1 aliphatic carbocycles. The third-order valence-electron chi connectivity index (χ3n) is 2.89. The molecule has 1 saturated carbocycles. The fraction of sp³-hybridized carbons (Fsp3) is 1.00. The van der Waals surface area contributed by atoms with E-state index in [4.69, 9.17) is 8.92 Å². The maximum atomic E-state index is 11.7. The summed E-state index contributed by atoms with van der Waals surface area (Å²) in [5.41, 5.74) is 0. The molecular weight excluding hydrogens is 391 g/mol. The van der Waals surface area contributed by atoms with Crippen LogP contribution in [0.25, 0.3) is 0 Å². The van der Waals surface area contributed by atoms with Gasteiger partial charge in [-0.25, -0.2) is 0 Å². The van der Waals surface area contributed by atoms with E-state index in [-0.39, 0.29) is 18.2 Å². The lowest BCUT2D eigenvalue weighted by molar-refractivity contribution is -0.0184. The molecule has 0 aromatic rings. The third kappa shape index (κ3) is 5.47. The van der Waals surface area contributed by atoms with Crippen molar-refractivity contribution in [1.82, 2.24) is 9.44 Å². The lowest BCUT2D eigenvalue weighted by Crippen LogP contribution is -2.48. The van der Waals surface area contributed by atoms with E-state index in [1.165, 1.54) is 9.21 Å². The van der Waals surface area contributed by atoms with Gasteiger partial charge in [0.25, 0.3) is 10.2 Å². The first-order valence-corrected chi connectivity index (χ1v) is 10.7. The summed E-state index contributed by atoms with van der Waals surface area (Å²) in [5, 5.41) is 0. The Morgan fingerprint density at radius 2 is 1.89 bits per heavy atom. The summed E-state index contributed by atoms with van der Waals surface area (Å²) in [6.07, 6.45) is 3.55. The molecule has 0 spiro atoms. The smallest absolute Gasteiger partial charge is 0.277 e. The summed E-state index contributed by atoms with van der Waals surface area (Å²) in [5.74, 6) is 0. The van der Waals surface area contributed by atoms with Crippen LogP contribution in [-0.4, -0.2) is 39.8 Å². The van der Waals surface area contributed by atoms with Crippen molar-refractivity contribution in [3.63, 3.8) is 0 Å². The highest BCUT2D eigenvalue weighted by molar-refractivity contribution is 14.2. The van der Waals surface area contributed by atoms with Crippen molar-refractivity contribution in [3.8, 4) is 0 Å². The molecule has 2 N–H and O–H groups in total. The molecule has 1 heterocycles. The first-order valence-electron chi connectivity index (χ1n) is 5.90. The Morgan fingerprint density at radius 3 is 2.44 bits per heavy atom. The minimum atomic E-state index is -3.37. The van der Waals surface area contributed by atoms with Crippen LogP contribution in [-0.2, 0) is 19.1 Å². The van der Waals surface area contributed by atoms with Crippen LogP contribution in [0.1, 0.15) is 25.7 Å². The summed E-state index contributed by atoms with van der Waals surface area (Å²) < 4.78 is 39.4. The SMILES string of the molecule is O=S(=O)(NC1CC1)N[C@@H]1CC[C@@H](COSI)OC1. The Morgan fingerprint density at radius 1 is 1.22 bits per heavy atom. The van der Waals surface area contributed by atoms with Crippen LogP contribution in [0.5, 0.6) is 0 Å². The first kappa shape index (κ1) is 15.3. The van der Waals surface area contributed by atoms with Gasteiger partial charge in [-0.3, -0.25) is 0 Å². The maximum absolute atomic E-state index is 11.7. The maximum Gasteiger partial charge on any atom is 0.277 e. The first-order chi connectivity index (χ1) is 8.59. The normalized spacial score (nSPS) is 29.4. The Hall–Kier alpha value is 0.870. The molecule has 0 bridgehead atoms. The van der Waals surface area contributed by atoms with E-state index >= 15 is 0 Å². The molecule has 9 heteroatoms. The molecule has 2 atom stereocenters. The molecule has 1 saturated heterocycles. The molecule has 0 unspecified atom stereocenters. The predicted molar refractivity (Wildman–Crippen MR) is 78.5 cm³/mol. The van der Waals surface area contributed by atoms with E-state index in [2.05, 4.69) is 30.6 Å². The number of rotatable bonds is 7. The van der Waals surface area contributed by atoms with Crippen LogP contribution in [0.3, 0.4) is 0 Å². The van der Waals surface area contributed by atoms with Gasteiger partial charge in [-0.2, -0.15) is 17.9 Å². The molecule has 0 radical (unpaired) electrons. The topological polar surface area (TPSA) is 76.7 Å². The van der Waals surface area contributed by atoms with Gasteiger partial charge in [-0.1, -0.05) is 0 Å². The summed E-state index contributed by atoms with van der Waals surface area (Å²) >= 11 is 2.06. The number of hydrogen-bond acceptors (Lipinski definition) is 5. The second-order valence-corrected chi connectivity index (χ2v) is 7.51. The number of ether oxygens (including phenoxy) is 1. The Labute approximate surface area is 124 Å². The quantitative estimate of drug-likeness (QED) is 0.488. The Balaban J connectivity index is 1.69. The van der Waals surface area contributed by atoms with Crippen LogP contribution in [0, 0.1) is 0 Å². The molecule has 6 nitrogen and oxygen atoms in total. The summed E-state index contributed by atoms with van der Waals surface area (Å²) in [6.45, 7) is 0.957. The van der Waals surface area contributed by atoms with Crippen molar-refractivity contribution in [1.29, 1.82) is 0 Å². The van der Waals surface area contributed by atoms with Gasteiger partial charge in [0.15, 0.2) is 0 Å². The van der Waals surface area contributed by atoms with Crippen molar-refractivity contribution < 1.29 is 17.3 Å². The fourth-order valence-corrected chi connectivity index (χ4v) is 3.82. The largest absolute Gasteiger partial charge is 0.374 e. The molecule has 0 aromatic carbocycles. The van der Waals surface area contributed by atoms with Gasteiger partial charge in [0.2, 0.25) is 0 Å². The van der Waals surface area contributed by atoms with Crippen molar-refractivity contribution in [2.75, 3.05) is 13.2 Å². The highest BCUT2D eigenvalue weighted by Gasteiger charge is 2.30. The van der Waals surface area contributed by atoms with Crippen LogP contribution >= 0.6 is 30.4 Å². The molecule has 1 aliphatic heterocycles. The highest BCUT2D eigenvalue weighted by Crippen LogP contribution is 2.21. The molecule has 0 amide bonds. The minimum absolute atomic E-state index is 0.0735. The minimum Gasteiger partial charge on any atom is -0.374 e. The third-order valence-corrected chi connectivity index (χ3v) is 5.16. The van der Waals surface area contributed by atoms with E-state index in [1.807, 2.05) is 0 Å². The van der Waals surface area contributed by atoms with E-state index in [0.717, 1.165) is 25.7 Å². The molecule has 18 heavy (non-hydrogen) atoms. The van der Waals surface area contributed by atoms with E-state index in [9.17, 15) is 8.42 Å². The Bertz CT molecular complexity index is 356. The predicted octanol–water partition coefficient (Wildman–Crippen LogP) is 1.14. The highest BCUT2D eigenvalue weighted by atomic mass is 127.